The average Bonchev–Trinajstić information content (AvgIpc) is 2.81. The third-order valence-electron chi connectivity index (χ3n) is 3.54. The molecular weight excluding hydrogens is 194 g/mol. The minimum Gasteiger partial charge on any atom is -0.265 e. The highest BCUT2D eigenvalue weighted by Gasteiger charge is 2.21. The molecule has 1 nitrogen and oxygen atoms in total. The standard InChI is InChI=1S/C15H19N/c1-11-7-4-5-8-14(11)12(2)13(3)15-9-6-10-16-15/h5-6,10-11,13H,2,4,7,9H2,1,3H3/t11?,13-/m0/s1. The zero-order valence-electron chi connectivity index (χ0n) is 10.2. The summed E-state index contributed by atoms with van der Waals surface area (Å²) in [6.45, 7) is 8.71. The minimum atomic E-state index is 0.353. The number of hydrogen-bond acceptors (Lipinski definition) is 1. The molecule has 0 N–H and O–H groups in total. The largest absolute Gasteiger partial charge is 0.265 e. The summed E-state index contributed by atoms with van der Waals surface area (Å²) in [5, 5.41) is 0. The Bertz CT molecular complexity index is 417. The molecular formula is C15H19N. The first-order valence-electron chi connectivity index (χ1n) is 6.06. The Hall–Kier alpha value is -1.33. The first-order valence-corrected chi connectivity index (χ1v) is 6.06. The zero-order chi connectivity index (χ0) is 11.5. The van der Waals surface area contributed by atoms with Crippen molar-refractivity contribution in [2.75, 3.05) is 0 Å². The van der Waals surface area contributed by atoms with Gasteiger partial charge in [0.15, 0.2) is 0 Å². The molecule has 2 rings (SSSR count). The van der Waals surface area contributed by atoms with E-state index in [4.69, 9.17) is 0 Å². The molecule has 2 aliphatic rings. The smallest absolute Gasteiger partial charge is 0.0289 e. The van der Waals surface area contributed by atoms with Crippen LogP contribution in [0.4, 0.5) is 0 Å². The number of rotatable bonds is 3. The molecule has 84 valence electrons. The van der Waals surface area contributed by atoms with Crippen LogP contribution in [0.15, 0.2) is 46.8 Å². The summed E-state index contributed by atoms with van der Waals surface area (Å²) >= 11 is 0. The number of allylic oxidation sites excluding steroid dienone is 3. The molecule has 0 radical (unpaired) electrons. The summed E-state index contributed by atoms with van der Waals surface area (Å²) in [7, 11) is 0. The number of nitrogens with zero attached hydrogens (tertiary/aromatic N) is 1. The van der Waals surface area contributed by atoms with E-state index in [1.54, 1.807) is 0 Å². The highest BCUT2D eigenvalue weighted by molar-refractivity contribution is 5.92. The fourth-order valence-electron chi connectivity index (χ4n) is 2.31. The van der Waals surface area contributed by atoms with Crippen molar-refractivity contribution in [2.24, 2.45) is 16.8 Å². The van der Waals surface area contributed by atoms with Crippen molar-refractivity contribution in [1.82, 2.24) is 0 Å². The van der Waals surface area contributed by atoms with Crippen LogP contribution in [0, 0.1) is 11.8 Å². The van der Waals surface area contributed by atoms with Crippen LogP contribution in [0.25, 0.3) is 0 Å². The van der Waals surface area contributed by atoms with Gasteiger partial charge in [0, 0.05) is 24.3 Å². The van der Waals surface area contributed by atoms with Crippen LogP contribution in [0.5, 0.6) is 0 Å². The predicted molar refractivity (Wildman–Crippen MR) is 69.5 cm³/mol. The van der Waals surface area contributed by atoms with Gasteiger partial charge in [0.1, 0.15) is 0 Å². The molecule has 0 fully saturated rings. The van der Waals surface area contributed by atoms with Crippen LogP contribution in [-0.4, -0.2) is 5.71 Å². The lowest BCUT2D eigenvalue weighted by atomic mass is 9.82. The minimum absolute atomic E-state index is 0.353. The molecule has 2 atom stereocenters. The van der Waals surface area contributed by atoms with Crippen molar-refractivity contribution >= 4 is 5.71 Å². The van der Waals surface area contributed by atoms with E-state index in [2.05, 4.69) is 43.3 Å². The summed E-state index contributed by atoms with van der Waals surface area (Å²) in [6, 6.07) is 0. The summed E-state index contributed by atoms with van der Waals surface area (Å²) in [5.74, 6) is 0.946. The molecule has 1 aliphatic heterocycles. The van der Waals surface area contributed by atoms with E-state index in [-0.39, 0.29) is 0 Å². The molecule has 1 heterocycles. The van der Waals surface area contributed by atoms with E-state index in [9.17, 15) is 0 Å². The third-order valence-corrected chi connectivity index (χ3v) is 3.54. The Balaban J connectivity index is 2.16. The Morgan fingerprint density at radius 1 is 1.62 bits per heavy atom. The van der Waals surface area contributed by atoms with Crippen LogP contribution in [0.2, 0.25) is 0 Å². The van der Waals surface area contributed by atoms with Crippen LogP contribution in [0.3, 0.4) is 0 Å². The van der Waals surface area contributed by atoms with E-state index in [1.807, 2.05) is 6.20 Å². The topological polar surface area (TPSA) is 12.4 Å². The molecule has 0 aromatic rings. The van der Waals surface area contributed by atoms with Gasteiger partial charge in [-0.1, -0.05) is 26.5 Å². The number of hydrogen-bond donors (Lipinski definition) is 0. The van der Waals surface area contributed by atoms with Crippen molar-refractivity contribution in [2.45, 2.75) is 33.1 Å². The predicted octanol–water partition coefficient (Wildman–Crippen LogP) is 4.05. The van der Waals surface area contributed by atoms with Gasteiger partial charge in [0.2, 0.25) is 0 Å². The molecule has 1 aliphatic carbocycles. The maximum absolute atomic E-state index is 4.40. The van der Waals surface area contributed by atoms with Crippen molar-refractivity contribution in [3.05, 3.63) is 41.8 Å². The maximum Gasteiger partial charge on any atom is 0.0289 e. The van der Waals surface area contributed by atoms with Crippen LogP contribution < -0.4 is 0 Å². The number of aliphatic imine (C=N–C) groups is 1. The maximum atomic E-state index is 4.40. The SMILES string of the molecule is C=C(C1=C=CCCC1C)[C@H](C)C1=NC=CC1. The van der Waals surface area contributed by atoms with Gasteiger partial charge in [0.05, 0.1) is 0 Å². The van der Waals surface area contributed by atoms with Gasteiger partial charge in [-0.2, -0.15) is 0 Å². The van der Waals surface area contributed by atoms with Crippen molar-refractivity contribution < 1.29 is 0 Å². The lowest BCUT2D eigenvalue weighted by Crippen LogP contribution is -2.15. The van der Waals surface area contributed by atoms with Gasteiger partial charge in [0.25, 0.3) is 0 Å². The Labute approximate surface area is 98.0 Å². The Morgan fingerprint density at radius 2 is 2.44 bits per heavy atom. The summed E-state index contributed by atoms with van der Waals surface area (Å²) in [5.41, 5.74) is 7.12. The summed E-state index contributed by atoms with van der Waals surface area (Å²) in [6.07, 6.45) is 9.49. The molecule has 0 aromatic carbocycles. The fourth-order valence-corrected chi connectivity index (χ4v) is 2.31. The van der Waals surface area contributed by atoms with E-state index in [0.717, 1.165) is 12.8 Å². The highest BCUT2D eigenvalue weighted by atomic mass is 14.7. The van der Waals surface area contributed by atoms with Gasteiger partial charge in [-0.05, 0) is 36.0 Å². The molecule has 0 aromatic heterocycles. The molecule has 0 saturated carbocycles. The lowest BCUT2D eigenvalue weighted by Gasteiger charge is -2.22. The lowest BCUT2D eigenvalue weighted by molar-refractivity contribution is 0.607. The molecule has 0 saturated heterocycles. The van der Waals surface area contributed by atoms with E-state index >= 15 is 0 Å². The van der Waals surface area contributed by atoms with Crippen LogP contribution in [-0.2, 0) is 0 Å². The fraction of sp³-hybridized carbons (Fsp3) is 0.467. The van der Waals surface area contributed by atoms with Gasteiger partial charge >= 0.3 is 0 Å². The van der Waals surface area contributed by atoms with Crippen LogP contribution in [0.1, 0.15) is 33.1 Å². The van der Waals surface area contributed by atoms with E-state index in [0.29, 0.717) is 11.8 Å². The van der Waals surface area contributed by atoms with Crippen molar-refractivity contribution in [3.8, 4) is 0 Å². The first kappa shape index (κ1) is 11.2. The van der Waals surface area contributed by atoms with E-state index < -0.39 is 0 Å². The monoisotopic (exact) mass is 213 g/mol. The Kier molecular flexibility index (Phi) is 3.26. The summed E-state index contributed by atoms with van der Waals surface area (Å²) in [4.78, 5) is 4.40. The molecule has 1 unspecified atom stereocenters. The Morgan fingerprint density at radius 3 is 3.06 bits per heavy atom. The summed E-state index contributed by atoms with van der Waals surface area (Å²) < 4.78 is 0. The van der Waals surface area contributed by atoms with Gasteiger partial charge in [-0.3, -0.25) is 4.99 Å². The molecule has 1 heteroatoms. The van der Waals surface area contributed by atoms with Gasteiger partial charge in [-0.15, -0.1) is 5.73 Å². The average molecular weight is 213 g/mol. The first-order chi connectivity index (χ1) is 7.70. The van der Waals surface area contributed by atoms with Gasteiger partial charge < -0.3 is 0 Å². The van der Waals surface area contributed by atoms with Gasteiger partial charge in [-0.25, -0.2) is 0 Å². The molecule has 0 amide bonds. The second kappa shape index (κ2) is 4.67. The second-order valence-electron chi connectivity index (χ2n) is 4.70. The molecule has 0 bridgehead atoms. The highest BCUT2D eigenvalue weighted by Crippen LogP contribution is 2.31. The third kappa shape index (κ3) is 2.10. The van der Waals surface area contributed by atoms with Crippen molar-refractivity contribution in [3.63, 3.8) is 0 Å². The second-order valence-corrected chi connectivity index (χ2v) is 4.70. The molecule has 0 spiro atoms. The normalized spacial score (nSPS) is 25.2. The van der Waals surface area contributed by atoms with Crippen LogP contribution >= 0.6 is 0 Å². The molecule has 16 heavy (non-hydrogen) atoms. The quantitative estimate of drug-likeness (QED) is 0.627. The zero-order valence-corrected chi connectivity index (χ0v) is 10.2. The van der Waals surface area contributed by atoms with E-state index in [1.165, 1.54) is 23.3 Å². The van der Waals surface area contributed by atoms with Crippen molar-refractivity contribution in [1.29, 1.82) is 0 Å².